The van der Waals surface area contributed by atoms with Crippen LogP contribution in [0.4, 0.5) is 4.39 Å². The van der Waals surface area contributed by atoms with E-state index in [-0.39, 0.29) is 29.1 Å². The summed E-state index contributed by atoms with van der Waals surface area (Å²) in [5.41, 5.74) is 1.08. The van der Waals surface area contributed by atoms with Crippen molar-refractivity contribution in [3.05, 3.63) is 64.4 Å². The molecule has 6 heteroatoms. The first-order valence-electron chi connectivity index (χ1n) is 8.44. The fourth-order valence-electron chi connectivity index (χ4n) is 3.08. The number of fused-ring (bicyclic) bond motifs is 1. The molecule has 1 aliphatic heterocycles. The second-order valence-corrected chi connectivity index (χ2v) is 8.31. The topological polar surface area (TPSA) is 38.3 Å². The number of hydrogen-bond donors (Lipinski definition) is 1. The third-order valence-corrected chi connectivity index (χ3v) is 5.57. The van der Waals surface area contributed by atoms with E-state index in [0.717, 1.165) is 11.3 Å². The molecule has 3 nitrogen and oxygen atoms in total. The Bertz CT molecular complexity index is 792. The molecule has 0 saturated carbocycles. The lowest BCUT2D eigenvalue weighted by Crippen LogP contribution is -2.41. The Morgan fingerprint density at radius 3 is 2.85 bits per heavy atom. The van der Waals surface area contributed by atoms with Gasteiger partial charge in [-0.2, -0.15) is 0 Å². The van der Waals surface area contributed by atoms with E-state index in [0.29, 0.717) is 22.8 Å². The van der Waals surface area contributed by atoms with Crippen molar-refractivity contribution >= 4 is 29.3 Å². The number of rotatable bonds is 5. The van der Waals surface area contributed by atoms with Crippen LogP contribution < -0.4 is 10.1 Å². The average Bonchev–Trinajstić information content (AvgIpc) is 2.56. The van der Waals surface area contributed by atoms with Crippen molar-refractivity contribution in [1.29, 1.82) is 0 Å². The van der Waals surface area contributed by atoms with Gasteiger partial charge >= 0.3 is 0 Å². The monoisotopic (exact) mass is 393 g/mol. The van der Waals surface area contributed by atoms with Crippen LogP contribution in [0.2, 0.25) is 5.02 Å². The summed E-state index contributed by atoms with van der Waals surface area (Å²) in [5.74, 6) is 0.977. The zero-order chi connectivity index (χ0) is 18.7. The third kappa shape index (κ3) is 4.51. The number of halogens is 2. The van der Waals surface area contributed by atoms with Crippen molar-refractivity contribution in [3.8, 4) is 5.75 Å². The van der Waals surface area contributed by atoms with Crippen LogP contribution in [0.1, 0.15) is 37.4 Å². The fraction of sp³-hybridized carbons (Fsp3) is 0.350. The summed E-state index contributed by atoms with van der Waals surface area (Å²) < 4.78 is 19.8. The van der Waals surface area contributed by atoms with E-state index in [1.165, 1.54) is 17.8 Å². The molecular formula is C20H21ClFNO2S. The number of nitrogens with one attached hydrogen (secondary N) is 1. The van der Waals surface area contributed by atoms with Crippen molar-refractivity contribution in [2.45, 2.75) is 37.7 Å². The van der Waals surface area contributed by atoms with Crippen LogP contribution in [0.25, 0.3) is 0 Å². The summed E-state index contributed by atoms with van der Waals surface area (Å²) in [6, 6.07) is 12.3. The molecule has 0 unspecified atom stereocenters. The first kappa shape index (κ1) is 19.1. The largest absolute Gasteiger partial charge is 0.487 e. The van der Waals surface area contributed by atoms with Crippen LogP contribution in [-0.2, 0) is 10.5 Å². The summed E-state index contributed by atoms with van der Waals surface area (Å²) in [4.78, 5) is 12.4. The van der Waals surface area contributed by atoms with Crippen LogP contribution in [0.15, 0.2) is 42.5 Å². The quantitative estimate of drug-likeness (QED) is 0.765. The van der Waals surface area contributed by atoms with Crippen molar-refractivity contribution in [1.82, 2.24) is 5.32 Å². The van der Waals surface area contributed by atoms with Gasteiger partial charge in [0.2, 0.25) is 5.91 Å². The molecule has 1 N–H and O–H groups in total. The smallest absolute Gasteiger partial charge is 0.230 e. The van der Waals surface area contributed by atoms with Crippen LogP contribution in [0.3, 0.4) is 0 Å². The highest BCUT2D eigenvalue weighted by atomic mass is 35.5. The van der Waals surface area contributed by atoms with E-state index in [9.17, 15) is 9.18 Å². The summed E-state index contributed by atoms with van der Waals surface area (Å²) in [7, 11) is 0. The zero-order valence-corrected chi connectivity index (χ0v) is 16.3. The Morgan fingerprint density at radius 1 is 1.31 bits per heavy atom. The summed E-state index contributed by atoms with van der Waals surface area (Å²) >= 11 is 7.37. The highest BCUT2D eigenvalue weighted by Gasteiger charge is 2.34. The first-order chi connectivity index (χ1) is 12.4. The van der Waals surface area contributed by atoms with Gasteiger partial charge in [0.15, 0.2) is 0 Å². The molecule has 2 aromatic carbocycles. The number of carbonyl (C=O) groups is 1. The molecule has 1 amide bonds. The lowest BCUT2D eigenvalue weighted by molar-refractivity contribution is -0.119. The molecular weight excluding hydrogens is 373 g/mol. The Hall–Kier alpha value is -1.72. The molecule has 2 aromatic rings. The SMILES string of the molecule is CC1(C)C[C@H](NC(=O)CSCc2c(F)cccc2Cl)c2ccccc2O1. The van der Waals surface area contributed by atoms with E-state index in [2.05, 4.69) is 5.32 Å². The minimum atomic E-state index is -0.347. The number of thioether (sulfide) groups is 1. The molecule has 3 rings (SSSR count). The molecule has 1 atom stereocenters. The number of para-hydroxylation sites is 1. The molecule has 26 heavy (non-hydrogen) atoms. The van der Waals surface area contributed by atoms with E-state index in [1.54, 1.807) is 12.1 Å². The lowest BCUT2D eigenvalue weighted by Gasteiger charge is -2.37. The van der Waals surface area contributed by atoms with E-state index < -0.39 is 0 Å². The van der Waals surface area contributed by atoms with Crippen LogP contribution >= 0.6 is 23.4 Å². The van der Waals surface area contributed by atoms with Gasteiger partial charge in [0, 0.05) is 28.3 Å². The van der Waals surface area contributed by atoms with Crippen LogP contribution in [-0.4, -0.2) is 17.3 Å². The fourth-order valence-corrected chi connectivity index (χ4v) is 4.26. The van der Waals surface area contributed by atoms with Gasteiger partial charge in [-0.3, -0.25) is 4.79 Å². The van der Waals surface area contributed by atoms with Gasteiger partial charge in [-0.15, -0.1) is 11.8 Å². The Labute approximate surface area is 162 Å². The molecule has 0 aromatic heterocycles. The highest BCUT2D eigenvalue weighted by molar-refractivity contribution is 7.99. The standard InChI is InChI=1S/C20H21ClFNO2S/c1-20(2)10-17(13-6-3-4-9-18(13)25-20)23-19(24)12-26-11-14-15(21)7-5-8-16(14)22/h3-9,17H,10-12H2,1-2H3,(H,23,24)/t17-/m0/s1. The lowest BCUT2D eigenvalue weighted by atomic mass is 9.90. The van der Waals surface area contributed by atoms with Crippen molar-refractivity contribution in [2.75, 3.05) is 5.75 Å². The van der Waals surface area contributed by atoms with Crippen molar-refractivity contribution in [3.63, 3.8) is 0 Å². The minimum Gasteiger partial charge on any atom is -0.487 e. The Morgan fingerprint density at radius 2 is 2.08 bits per heavy atom. The van der Waals surface area contributed by atoms with Crippen molar-refractivity contribution in [2.24, 2.45) is 0 Å². The molecule has 0 bridgehead atoms. The molecule has 0 radical (unpaired) electrons. The molecule has 1 heterocycles. The van der Waals surface area contributed by atoms with Gasteiger partial charge in [0.05, 0.1) is 11.8 Å². The van der Waals surface area contributed by atoms with E-state index in [4.69, 9.17) is 16.3 Å². The van der Waals surface area contributed by atoms with Gasteiger partial charge in [-0.1, -0.05) is 35.9 Å². The van der Waals surface area contributed by atoms with Gasteiger partial charge in [-0.25, -0.2) is 4.39 Å². The number of carbonyl (C=O) groups excluding carboxylic acids is 1. The maximum absolute atomic E-state index is 13.8. The molecule has 138 valence electrons. The summed E-state index contributed by atoms with van der Waals surface area (Å²) in [6.45, 7) is 4.02. The third-order valence-electron chi connectivity index (χ3n) is 4.25. The molecule has 0 saturated heterocycles. The maximum atomic E-state index is 13.8. The van der Waals surface area contributed by atoms with Gasteiger partial charge in [0.1, 0.15) is 17.2 Å². The minimum absolute atomic E-state index is 0.0834. The van der Waals surface area contributed by atoms with Crippen LogP contribution in [0, 0.1) is 5.82 Å². The van der Waals surface area contributed by atoms with Crippen molar-refractivity contribution < 1.29 is 13.9 Å². The number of ether oxygens (including phenoxy) is 1. The van der Waals surface area contributed by atoms with E-state index >= 15 is 0 Å². The molecule has 1 aliphatic rings. The second kappa shape index (κ2) is 7.89. The van der Waals surface area contributed by atoms with Crippen LogP contribution in [0.5, 0.6) is 5.75 Å². The summed E-state index contributed by atoms with van der Waals surface area (Å²) in [5, 5.41) is 3.47. The molecule has 0 aliphatic carbocycles. The molecule has 0 fully saturated rings. The average molecular weight is 394 g/mol. The van der Waals surface area contributed by atoms with Gasteiger partial charge < -0.3 is 10.1 Å². The molecule has 0 spiro atoms. The van der Waals surface area contributed by atoms with Gasteiger partial charge in [-0.05, 0) is 32.0 Å². The highest BCUT2D eigenvalue weighted by Crippen LogP contribution is 2.39. The Balaban J connectivity index is 1.60. The summed E-state index contributed by atoms with van der Waals surface area (Å²) in [6.07, 6.45) is 0.694. The zero-order valence-electron chi connectivity index (χ0n) is 14.7. The predicted octanol–water partition coefficient (Wildman–Crippen LogP) is 5.13. The van der Waals surface area contributed by atoms with E-state index in [1.807, 2.05) is 38.1 Å². The predicted molar refractivity (Wildman–Crippen MR) is 104 cm³/mol. The normalized spacial score (nSPS) is 17.9. The Kier molecular flexibility index (Phi) is 5.78. The number of amides is 1. The number of benzene rings is 2. The first-order valence-corrected chi connectivity index (χ1v) is 9.97. The maximum Gasteiger partial charge on any atom is 0.230 e. The number of hydrogen-bond acceptors (Lipinski definition) is 3. The second-order valence-electron chi connectivity index (χ2n) is 6.92. The van der Waals surface area contributed by atoms with Gasteiger partial charge in [0.25, 0.3) is 0 Å².